The molecule has 0 radical (unpaired) electrons. The van der Waals surface area contributed by atoms with Crippen LogP contribution in [0.4, 0.5) is 16.2 Å². The van der Waals surface area contributed by atoms with Gasteiger partial charge >= 0.3 is 6.03 Å². The molecule has 1 aliphatic rings. The van der Waals surface area contributed by atoms with Crippen molar-refractivity contribution in [2.24, 2.45) is 13.0 Å². The zero-order valence-electron chi connectivity index (χ0n) is 25.4. The Hall–Kier alpha value is -4.68. The van der Waals surface area contributed by atoms with Gasteiger partial charge in [-0.3, -0.25) is 0 Å². The molecule has 1 saturated heterocycles. The smallest absolute Gasteiger partial charge is 0.323 e. The molecule has 5 aromatic rings. The molecule has 3 N–H and O–H groups in total. The minimum atomic E-state index is -0.622. The summed E-state index contributed by atoms with van der Waals surface area (Å²) >= 11 is 1.59. The van der Waals surface area contributed by atoms with Gasteiger partial charge in [-0.2, -0.15) is 0 Å². The number of carbonyl (C=O) groups excluding carboxylic acids is 1. The van der Waals surface area contributed by atoms with Gasteiger partial charge in [0.25, 0.3) is 0 Å². The monoisotopic (exact) mass is 637 g/mol. The third-order valence-corrected chi connectivity index (χ3v) is 8.82. The van der Waals surface area contributed by atoms with Crippen molar-refractivity contribution in [3.63, 3.8) is 0 Å². The summed E-state index contributed by atoms with van der Waals surface area (Å²) in [6.45, 7) is 2.11. The van der Waals surface area contributed by atoms with Gasteiger partial charge in [0, 0.05) is 35.7 Å². The predicted molar refractivity (Wildman–Crippen MR) is 177 cm³/mol. The number of carbonyl (C=O) groups is 1. The number of thioether (sulfide) groups is 1. The number of hydrogen-bond acceptors (Lipinski definition) is 8. The lowest BCUT2D eigenvalue weighted by atomic mass is 9.91. The van der Waals surface area contributed by atoms with Crippen LogP contribution in [0.25, 0.3) is 0 Å². The van der Waals surface area contributed by atoms with Crippen molar-refractivity contribution < 1.29 is 24.1 Å². The number of rotatable bonds is 10. The fraction of sp³-hybridized carbons (Fsp3) is 0.229. The quantitative estimate of drug-likeness (QED) is 0.136. The fourth-order valence-electron chi connectivity index (χ4n) is 5.12. The molecule has 4 aromatic carbocycles. The van der Waals surface area contributed by atoms with Gasteiger partial charge in [-0.25, -0.2) is 4.79 Å². The summed E-state index contributed by atoms with van der Waals surface area (Å²) in [7, 11) is 1.92. The third kappa shape index (κ3) is 7.75. The van der Waals surface area contributed by atoms with E-state index in [2.05, 4.69) is 27.8 Å². The number of nitrogens with one attached hydrogen (secondary N) is 2. The number of nitrogens with zero attached hydrogens (tertiary/aromatic N) is 3. The Balaban J connectivity index is 1.10. The maximum Gasteiger partial charge on any atom is 0.323 e. The van der Waals surface area contributed by atoms with Crippen LogP contribution in [0.2, 0.25) is 0 Å². The number of anilines is 2. The Morgan fingerprint density at radius 3 is 2.13 bits per heavy atom. The van der Waals surface area contributed by atoms with Crippen molar-refractivity contribution >= 4 is 29.2 Å². The van der Waals surface area contributed by atoms with E-state index in [1.54, 1.807) is 42.4 Å². The second-order valence-electron chi connectivity index (χ2n) is 11.0. The number of aliphatic hydroxyl groups excluding tert-OH is 1. The Morgan fingerprint density at radius 2 is 1.50 bits per heavy atom. The Labute approximate surface area is 271 Å². The highest BCUT2D eigenvalue weighted by Gasteiger charge is 2.38. The standard InChI is InChI=1S/C35H35N5O5S/c1-23-31(21-46-35-39-36-22-40(35)2)44-33(45-32(23)25-10-8-24(20-41)9-11-25)26-12-14-27(15-13-26)37-34(42)38-28-16-18-30(19-17-28)43-29-6-4-3-5-7-29/h3-19,22-23,31-33,41H,20-21H2,1-2H3,(H2,37,38,42)/t23-,31+,32+,33+/m0/s1. The number of amides is 2. The van der Waals surface area contributed by atoms with Crippen LogP contribution in [0.3, 0.4) is 0 Å². The van der Waals surface area contributed by atoms with Crippen molar-refractivity contribution in [2.45, 2.75) is 37.2 Å². The molecule has 1 fully saturated rings. The number of aromatic nitrogens is 3. The molecule has 0 bridgehead atoms. The lowest BCUT2D eigenvalue weighted by molar-refractivity contribution is -0.268. The van der Waals surface area contributed by atoms with E-state index in [1.807, 2.05) is 90.5 Å². The normalized spacial score (nSPS) is 19.4. The fourth-order valence-corrected chi connectivity index (χ4v) is 6.17. The van der Waals surface area contributed by atoms with Gasteiger partial charge in [0.2, 0.25) is 0 Å². The summed E-state index contributed by atoms with van der Waals surface area (Å²) in [6.07, 6.45) is 0.683. The maximum atomic E-state index is 12.7. The van der Waals surface area contributed by atoms with E-state index >= 15 is 0 Å². The topological polar surface area (TPSA) is 120 Å². The predicted octanol–water partition coefficient (Wildman–Crippen LogP) is 7.33. The van der Waals surface area contributed by atoms with E-state index in [4.69, 9.17) is 14.2 Å². The van der Waals surface area contributed by atoms with Crippen LogP contribution in [0.5, 0.6) is 11.5 Å². The van der Waals surface area contributed by atoms with Crippen LogP contribution >= 0.6 is 11.8 Å². The third-order valence-electron chi connectivity index (χ3n) is 7.70. The summed E-state index contributed by atoms with van der Waals surface area (Å²) < 4.78 is 20.8. The van der Waals surface area contributed by atoms with E-state index in [0.717, 1.165) is 27.6 Å². The molecule has 0 spiro atoms. The molecule has 2 heterocycles. The first kappa shape index (κ1) is 31.3. The van der Waals surface area contributed by atoms with E-state index in [9.17, 15) is 9.90 Å². The molecular weight excluding hydrogens is 602 g/mol. The van der Waals surface area contributed by atoms with Crippen LogP contribution in [0.1, 0.15) is 36.0 Å². The minimum absolute atomic E-state index is 0.0154. The van der Waals surface area contributed by atoms with E-state index in [-0.39, 0.29) is 30.8 Å². The summed E-state index contributed by atoms with van der Waals surface area (Å²) in [5.41, 5.74) is 3.95. The summed E-state index contributed by atoms with van der Waals surface area (Å²) in [5, 5.41) is 24.2. The zero-order valence-corrected chi connectivity index (χ0v) is 26.3. The molecule has 46 heavy (non-hydrogen) atoms. The highest BCUT2D eigenvalue weighted by Crippen LogP contribution is 2.43. The maximum absolute atomic E-state index is 12.7. The number of para-hydroxylation sites is 1. The second-order valence-corrected chi connectivity index (χ2v) is 12.0. The molecule has 10 nitrogen and oxygen atoms in total. The Morgan fingerprint density at radius 1 is 0.870 bits per heavy atom. The number of benzene rings is 4. The molecule has 0 saturated carbocycles. The first-order valence-corrected chi connectivity index (χ1v) is 15.9. The van der Waals surface area contributed by atoms with Crippen molar-refractivity contribution in [2.75, 3.05) is 16.4 Å². The second kappa shape index (κ2) is 14.6. The molecular formula is C35H35N5O5S. The van der Waals surface area contributed by atoms with Crippen LogP contribution in [0, 0.1) is 5.92 Å². The van der Waals surface area contributed by atoms with Crippen LogP contribution in [0.15, 0.2) is 115 Å². The minimum Gasteiger partial charge on any atom is -0.457 e. The van der Waals surface area contributed by atoms with Gasteiger partial charge in [-0.15, -0.1) is 10.2 Å². The van der Waals surface area contributed by atoms with E-state index in [1.165, 1.54) is 0 Å². The van der Waals surface area contributed by atoms with Gasteiger partial charge < -0.3 is 34.5 Å². The van der Waals surface area contributed by atoms with Gasteiger partial charge in [-0.05, 0) is 59.7 Å². The molecule has 236 valence electrons. The van der Waals surface area contributed by atoms with Gasteiger partial charge in [0.05, 0.1) is 18.8 Å². The Bertz CT molecular complexity index is 1720. The molecule has 0 aliphatic carbocycles. The average Bonchev–Trinajstić information content (AvgIpc) is 3.50. The van der Waals surface area contributed by atoms with Crippen LogP contribution in [-0.4, -0.2) is 37.8 Å². The zero-order chi connectivity index (χ0) is 31.9. The number of hydrogen-bond donors (Lipinski definition) is 3. The molecule has 4 atom stereocenters. The highest BCUT2D eigenvalue weighted by molar-refractivity contribution is 7.99. The van der Waals surface area contributed by atoms with Gasteiger partial charge in [0.1, 0.15) is 17.8 Å². The molecule has 1 aliphatic heterocycles. The van der Waals surface area contributed by atoms with Crippen molar-refractivity contribution in [1.29, 1.82) is 0 Å². The van der Waals surface area contributed by atoms with Gasteiger partial charge in [-0.1, -0.05) is 73.3 Å². The lowest BCUT2D eigenvalue weighted by Gasteiger charge is -2.41. The first-order valence-electron chi connectivity index (χ1n) is 14.9. The lowest BCUT2D eigenvalue weighted by Crippen LogP contribution is -2.38. The molecule has 0 unspecified atom stereocenters. The number of urea groups is 1. The van der Waals surface area contributed by atoms with Crippen LogP contribution < -0.4 is 15.4 Å². The SMILES string of the molecule is C[C@H]1[C@@H](CSc2nncn2C)O[C@@H](c2ccc(NC(=O)Nc3ccc(Oc4ccccc4)cc3)cc2)O[C@H]1c1ccc(CO)cc1. The summed E-state index contributed by atoms with van der Waals surface area (Å²) in [5.74, 6) is 2.12. The van der Waals surface area contributed by atoms with Crippen molar-refractivity contribution in [3.05, 3.63) is 126 Å². The number of aliphatic hydroxyl groups is 1. The number of ether oxygens (including phenoxy) is 3. The highest BCUT2D eigenvalue weighted by atomic mass is 32.2. The van der Waals surface area contributed by atoms with Crippen molar-refractivity contribution in [3.8, 4) is 11.5 Å². The van der Waals surface area contributed by atoms with Gasteiger partial charge in [0.15, 0.2) is 11.4 Å². The molecule has 1 aromatic heterocycles. The van der Waals surface area contributed by atoms with E-state index in [0.29, 0.717) is 22.9 Å². The van der Waals surface area contributed by atoms with Crippen LogP contribution in [-0.2, 0) is 23.1 Å². The van der Waals surface area contributed by atoms with E-state index < -0.39 is 6.29 Å². The number of aryl methyl sites for hydroxylation is 1. The average molecular weight is 638 g/mol. The summed E-state index contributed by atoms with van der Waals surface area (Å²) in [4.78, 5) is 12.7. The molecule has 11 heteroatoms. The Kier molecular flexibility index (Phi) is 9.94. The van der Waals surface area contributed by atoms with Crippen molar-refractivity contribution in [1.82, 2.24) is 14.8 Å². The largest absolute Gasteiger partial charge is 0.457 e. The summed E-state index contributed by atoms with van der Waals surface area (Å²) in [6, 6.07) is 31.6. The first-order chi connectivity index (χ1) is 22.4. The molecule has 6 rings (SSSR count). The molecule has 2 amide bonds.